The van der Waals surface area contributed by atoms with Crippen LogP contribution in [0.3, 0.4) is 0 Å². The number of benzene rings is 1. The number of fused-ring (bicyclic) bond motifs is 1. The highest BCUT2D eigenvalue weighted by Crippen LogP contribution is 2.26. The zero-order valence-electron chi connectivity index (χ0n) is 17.0. The van der Waals surface area contributed by atoms with Crippen LogP contribution in [0.25, 0.3) is 16.9 Å². The Kier molecular flexibility index (Phi) is 4.46. The first kappa shape index (κ1) is 18.4. The predicted molar refractivity (Wildman–Crippen MR) is 114 cm³/mol. The number of carbonyl (C=O) groups is 1. The van der Waals surface area contributed by atoms with Gasteiger partial charge in [0, 0.05) is 54.9 Å². The molecule has 1 saturated carbocycles. The molecule has 0 aliphatic heterocycles. The maximum absolute atomic E-state index is 12.4. The first-order chi connectivity index (χ1) is 14.6. The van der Waals surface area contributed by atoms with Crippen molar-refractivity contribution in [1.29, 1.82) is 0 Å². The summed E-state index contributed by atoms with van der Waals surface area (Å²) >= 11 is 0. The third-order valence-electron chi connectivity index (χ3n) is 5.33. The van der Waals surface area contributed by atoms with Crippen molar-refractivity contribution in [2.45, 2.75) is 32.4 Å². The van der Waals surface area contributed by atoms with Crippen LogP contribution < -0.4 is 10.6 Å². The van der Waals surface area contributed by atoms with E-state index in [9.17, 15) is 4.79 Å². The van der Waals surface area contributed by atoms with Gasteiger partial charge in [-0.1, -0.05) is 6.07 Å². The Hall–Kier alpha value is -3.68. The minimum absolute atomic E-state index is 0.00535. The van der Waals surface area contributed by atoms with E-state index in [4.69, 9.17) is 0 Å². The summed E-state index contributed by atoms with van der Waals surface area (Å²) in [6.45, 7) is 2.59. The number of rotatable bonds is 6. The minimum atomic E-state index is 0.00535. The molecule has 1 aliphatic carbocycles. The molecule has 3 aromatic heterocycles. The van der Waals surface area contributed by atoms with Crippen LogP contribution in [-0.4, -0.2) is 36.1 Å². The van der Waals surface area contributed by atoms with E-state index in [-0.39, 0.29) is 5.91 Å². The number of imidazole rings is 1. The number of carbonyl (C=O) groups excluding carboxylic acids is 1. The molecule has 8 nitrogen and oxygen atoms in total. The van der Waals surface area contributed by atoms with Gasteiger partial charge in [0.05, 0.1) is 18.1 Å². The van der Waals surface area contributed by atoms with Gasteiger partial charge in [0.15, 0.2) is 11.5 Å². The zero-order valence-corrected chi connectivity index (χ0v) is 17.0. The smallest absolute Gasteiger partial charge is 0.251 e. The molecule has 0 radical (unpaired) electrons. The predicted octanol–water partition coefficient (Wildman–Crippen LogP) is 2.94. The SMILES string of the molecule is Cc1cc(-c2cnc3c(NCc4cnn(C)c4)nccn23)ccc1C(=O)NC1CC1. The summed E-state index contributed by atoms with van der Waals surface area (Å²) in [7, 11) is 1.90. The van der Waals surface area contributed by atoms with E-state index >= 15 is 0 Å². The van der Waals surface area contributed by atoms with Crippen molar-refractivity contribution in [3.8, 4) is 11.3 Å². The van der Waals surface area contributed by atoms with E-state index in [0.717, 1.165) is 46.4 Å². The maximum Gasteiger partial charge on any atom is 0.251 e. The van der Waals surface area contributed by atoms with Gasteiger partial charge in [-0.25, -0.2) is 9.97 Å². The lowest BCUT2D eigenvalue weighted by molar-refractivity contribution is 0.0950. The summed E-state index contributed by atoms with van der Waals surface area (Å²) in [5.41, 5.74) is 5.46. The van der Waals surface area contributed by atoms with Crippen molar-refractivity contribution < 1.29 is 4.79 Å². The molecule has 1 fully saturated rings. The number of hydrogen-bond acceptors (Lipinski definition) is 5. The van der Waals surface area contributed by atoms with Crippen molar-refractivity contribution in [3.63, 3.8) is 0 Å². The van der Waals surface area contributed by atoms with E-state index in [1.807, 2.05) is 61.4 Å². The third-order valence-corrected chi connectivity index (χ3v) is 5.33. The van der Waals surface area contributed by atoms with Crippen LogP contribution in [0.1, 0.15) is 34.3 Å². The van der Waals surface area contributed by atoms with Crippen LogP contribution in [0.2, 0.25) is 0 Å². The highest BCUT2D eigenvalue weighted by atomic mass is 16.1. The summed E-state index contributed by atoms with van der Waals surface area (Å²) in [4.78, 5) is 21.4. The monoisotopic (exact) mass is 401 g/mol. The molecule has 0 saturated heterocycles. The number of hydrogen-bond donors (Lipinski definition) is 2. The van der Waals surface area contributed by atoms with E-state index in [0.29, 0.717) is 18.4 Å². The summed E-state index contributed by atoms with van der Waals surface area (Å²) < 4.78 is 3.78. The maximum atomic E-state index is 12.4. The van der Waals surface area contributed by atoms with Crippen molar-refractivity contribution in [2.75, 3.05) is 5.32 Å². The van der Waals surface area contributed by atoms with Gasteiger partial charge in [-0.05, 0) is 37.5 Å². The fourth-order valence-corrected chi connectivity index (χ4v) is 3.58. The van der Waals surface area contributed by atoms with Gasteiger partial charge in [0.1, 0.15) is 0 Å². The Morgan fingerprint density at radius 3 is 2.83 bits per heavy atom. The molecular weight excluding hydrogens is 378 g/mol. The van der Waals surface area contributed by atoms with Crippen molar-refractivity contribution in [1.82, 2.24) is 29.5 Å². The van der Waals surface area contributed by atoms with Crippen molar-refractivity contribution in [2.24, 2.45) is 7.05 Å². The Labute approximate surface area is 174 Å². The second-order valence-electron chi connectivity index (χ2n) is 7.77. The van der Waals surface area contributed by atoms with Gasteiger partial charge in [0.2, 0.25) is 0 Å². The molecule has 0 spiro atoms. The van der Waals surface area contributed by atoms with Gasteiger partial charge in [0.25, 0.3) is 5.91 Å². The molecule has 1 amide bonds. The van der Waals surface area contributed by atoms with Crippen molar-refractivity contribution in [3.05, 3.63) is 65.9 Å². The molecule has 0 bridgehead atoms. The molecule has 152 valence electrons. The number of amides is 1. The summed E-state index contributed by atoms with van der Waals surface area (Å²) in [6, 6.07) is 6.25. The number of aryl methyl sites for hydroxylation is 2. The molecule has 0 atom stereocenters. The Morgan fingerprint density at radius 1 is 1.23 bits per heavy atom. The highest BCUT2D eigenvalue weighted by Gasteiger charge is 2.24. The molecule has 4 aromatic rings. The van der Waals surface area contributed by atoms with Crippen LogP contribution in [0.4, 0.5) is 5.82 Å². The number of anilines is 1. The number of nitrogens with zero attached hydrogens (tertiary/aromatic N) is 5. The first-order valence-corrected chi connectivity index (χ1v) is 10.0. The van der Waals surface area contributed by atoms with Crippen LogP contribution in [0.5, 0.6) is 0 Å². The first-order valence-electron chi connectivity index (χ1n) is 10.0. The average Bonchev–Trinajstić information content (AvgIpc) is 3.28. The topological polar surface area (TPSA) is 89.1 Å². The molecule has 1 aliphatic rings. The fraction of sp³-hybridized carbons (Fsp3) is 0.273. The normalized spacial score (nSPS) is 13.5. The molecule has 8 heteroatoms. The highest BCUT2D eigenvalue weighted by molar-refractivity contribution is 5.96. The molecule has 2 N–H and O–H groups in total. The molecule has 1 aromatic carbocycles. The Balaban J connectivity index is 1.42. The van der Waals surface area contributed by atoms with Gasteiger partial charge < -0.3 is 10.6 Å². The van der Waals surface area contributed by atoms with Crippen LogP contribution in [-0.2, 0) is 13.6 Å². The summed E-state index contributed by atoms with van der Waals surface area (Å²) in [5.74, 6) is 0.718. The van der Waals surface area contributed by atoms with Gasteiger partial charge in [-0.3, -0.25) is 13.9 Å². The fourth-order valence-electron chi connectivity index (χ4n) is 3.58. The van der Waals surface area contributed by atoms with Crippen molar-refractivity contribution >= 4 is 17.4 Å². The number of aromatic nitrogens is 5. The molecule has 3 heterocycles. The molecule has 30 heavy (non-hydrogen) atoms. The largest absolute Gasteiger partial charge is 0.363 e. The molecule has 5 rings (SSSR count). The molecule has 0 unspecified atom stereocenters. The lowest BCUT2D eigenvalue weighted by Crippen LogP contribution is -2.26. The van der Waals surface area contributed by atoms with Gasteiger partial charge >= 0.3 is 0 Å². The van der Waals surface area contributed by atoms with E-state index in [2.05, 4.69) is 25.7 Å². The second-order valence-corrected chi connectivity index (χ2v) is 7.77. The minimum Gasteiger partial charge on any atom is -0.363 e. The lowest BCUT2D eigenvalue weighted by atomic mass is 10.0. The summed E-state index contributed by atoms with van der Waals surface area (Å²) in [6.07, 6.45) is 11.4. The second kappa shape index (κ2) is 7.29. The summed E-state index contributed by atoms with van der Waals surface area (Å²) in [5, 5.41) is 10.6. The Bertz CT molecular complexity index is 1240. The van der Waals surface area contributed by atoms with Crippen LogP contribution >= 0.6 is 0 Å². The number of nitrogens with one attached hydrogen (secondary N) is 2. The van der Waals surface area contributed by atoms with E-state index in [1.165, 1.54) is 0 Å². The van der Waals surface area contributed by atoms with Gasteiger partial charge in [-0.2, -0.15) is 5.10 Å². The third kappa shape index (κ3) is 3.52. The van der Waals surface area contributed by atoms with E-state index < -0.39 is 0 Å². The van der Waals surface area contributed by atoms with Gasteiger partial charge in [-0.15, -0.1) is 0 Å². The van der Waals surface area contributed by atoms with Crippen LogP contribution in [0, 0.1) is 6.92 Å². The standard InChI is InChI=1S/C22H23N7O/c1-14-9-16(3-6-18(14)22(30)27-17-4-5-17)19-12-25-21-20(23-7-8-29(19)21)24-10-15-11-26-28(2)13-15/h3,6-9,11-13,17H,4-5,10H2,1-2H3,(H,23,24)(H,27,30). The molecular formula is C22H23N7O. The Morgan fingerprint density at radius 2 is 2.10 bits per heavy atom. The average molecular weight is 401 g/mol. The van der Waals surface area contributed by atoms with Crippen LogP contribution in [0.15, 0.2) is 49.2 Å². The van der Waals surface area contributed by atoms with E-state index in [1.54, 1.807) is 10.9 Å². The zero-order chi connectivity index (χ0) is 20.7. The quantitative estimate of drug-likeness (QED) is 0.519. The lowest BCUT2D eigenvalue weighted by Gasteiger charge is -2.10.